The van der Waals surface area contributed by atoms with E-state index in [-0.39, 0.29) is 12.0 Å². The van der Waals surface area contributed by atoms with E-state index in [1.807, 2.05) is 25.2 Å². The smallest absolute Gasteiger partial charge is 0.326 e. The van der Waals surface area contributed by atoms with E-state index in [0.717, 1.165) is 23.1 Å². The number of nitrogens with one attached hydrogen (secondary N) is 2. The standard InChI is InChI=1S/C25H26FN3O4/c1-16-6-9-18(26)15-21(16)24(30)29-22(25(31)32)14-17-7-10-20(11-8-17)33-13-12-19-4-3-5-23(27-2)28-19/h3-11,15,22H,12-14H2,1-2H3,(H,27,28)(H,29,30)(H,31,32)/t22-/m0/s1. The Hall–Kier alpha value is -3.94. The number of aryl methyl sites for hydroxylation is 1. The number of nitrogens with zero attached hydrogens (tertiary/aromatic N) is 1. The first-order chi connectivity index (χ1) is 15.9. The predicted molar refractivity (Wildman–Crippen MR) is 123 cm³/mol. The van der Waals surface area contributed by atoms with E-state index in [1.165, 1.54) is 12.1 Å². The van der Waals surface area contributed by atoms with Crippen molar-refractivity contribution >= 4 is 17.7 Å². The molecule has 0 spiro atoms. The second kappa shape index (κ2) is 11.1. The molecule has 172 valence electrons. The van der Waals surface area contributed by atoms with Gasteiger partial charge in [-0.2, -0.15) is 0 Å². The summed E-state index contributed by atoms with van der Waals surface area (Å²) in [5, 5.41) is 15.0. The number of carbonyl (C=O) groups is 2. The van der Waals surface area contributed by atoms with E-state index in [9.17, 15) is 19.1 Å². The Bertz CT molecular complexity index is 1120. The van der Waals surface area contributed by atoms with Crippen LogP contribution in [-0.2, 0) is 17.6 Å². The SMILES string of the molecule is CNc1cccc(CCOc2ccc(C[C@H](NC(=O)c3cc(F)ccc3C)C(=O)O)cc2)n1. The molecule has 0 fully saturated rings. The van der Waals surface area contributed by atoms with Crippen molar-refractivity contribution in [3.05, 3.63) is 88.9 Å². The highest BCUT2D eigenvalue weighted by Crippen LogP contribution is 2.15. The lowest BCUT2D eigenvalue weighted by Gasteiger charge is -2.16. The third kappa shape index (κ3) is 6.77. The van der Waals surface area contributed by atoms with E-state index >= 15 is 0 Å². The Kier molecular flexibility index (Phi) is 7.96. The Balaban J connectivity index is 1.56. The fourth-order valence-electron chi connectivity index (χ4n) is 3.26. The van der Waals surface area contributed by atoms with Crippen molar-refractivity contribution in [3.63, 3.8) is 0 Å². The fraction of sp³-hybridized carbons (Fsp3) is 0.240. The van der Waals surface area contributed by atoms with Gasteiger partial charge in [-0.1, -0.05) is 24.3 Å². The summed E-state index contributed by atoms with van der Waals surface area (Å²) < 4.78 is 19.2. The van der Waals surface area contributed by atoms with Crippen molar-refractivity contribution in [2.45, 2.75) is 25.8 Å². The van der Waals surface area contributed by atoms with Gasteiger partial charge in [0.15, 0.2) is 0 Å². The average Bonchev–Trinajstić information content (AvgIpc) is 2.81. The van der Waals surface area contributed by atoms with Gasteiger partial charge in [0.25, 0.3) is 5.91 Å². The molecule has 3 rings (SSSR count). The molecule has 1 heterocycles. The fourth-order valence-corrected chi connectivity index (χ4v) is 3.26. The average molecular weight is 451 g/mol. The topological polar surface area (TPSA) is 101 Å². The van der Waals surface area contributed by atoms with Gasteiger partial charge in [0, 0.05) is 31.1 Å². The summed E-state index contributed by atoms with van der Waals surface area (Å²) in [5.41, 5.74) is 2.30. The molecule has 8 heteroatoms. The normalized spacial score (nSPS) is 11.5. The van der Waals surface area contributed by atoms with Crippen molar-refractivity contribution in [2.24, 2.45) is 0 Å². The van der Waals surface area contributed by atoms with Crippen LogP contribution in [0.2, 0.25) is 0 Å². The Morgan fingerprint density at radius 3 is 2.58 bits per heavy atom. The first-order valence-electron chi connectivity index (χ1n) is 10.5. The number of halogens is 1. The molecule has 3 N–H and O–H groups in total. The highest BCUT2D eigenvalue weighted by molar-refractivity contribution is 5.97. The zero-order valence-electron chi connectivity index (χ0n) is 18.5. The molecule has 2 aromatic carbocycles. The maximum absolute atomic E-state index is 13.5. The maximum Gasteiger partial charge on any atom is 0.326 e. The predicted octanol–water partition coefficient (Wildman–Crippen LogP) is 3.62. The lowest BCUT2D eigenvalue weighted by molar-refractivity contribution is -0.139. The van der Waals surface area contributed by atoms with Gasteiger partial charge in [0.2, 0.25) is 0 Å². The number of ether oxygens (including phenoxy) is 1. The minimum atomic E-state index is -1.17. The highest BCUT2D eigenvalue weighted by Gasteiger charge is 2.22. The number of hydrogen-bond donors (Lipinski definition) is 3. The molecular weight excluding hydrogens is 425 g/mol. The van der Waals surface area contributed by atoms with Crippen molar-refractivity contribution in [3.8, 4) is 5.75 Å². The van der Waals surface area contributed by atoms with Crippen molar-refractivity contribution in [2.75, 3.05) is 19.0 Å². The number of carbonyl (C=O) groups excluding carboxylic acids is 1. The minimum Gasteiger partial charge on any atom is -0.493 e. The second-order valence-electron chi connectivity index (χ2n) is 7.53. The van der Waals surface area contributed by atoms with E-state index in [0.29, 0.717) is 24.3 Å². The molecule has 0 unspecified atom stereocenters. The molecule has 0 saturated carbocycles. The van der Waals surface area contributed by atoms with E-state index in [1.54, 1.807) is 31.2 Å². The molecule has 1 aromatic heterocycles. The third-order valence-corrected chi connectivity index (χ3v) is 5.10. The van der Waals surface area contributed by atoms with E-state index in [4.69, 9.17) is 4.74 Å². The third-order valence-electron chi connectivity index (χ3n) is 5.10. The highest BCUT2D eigenvalue weighted by atomic mass is 19.1. The van der Waals surface area contributed by atoms with Gasteiger partial charge in [0.05, 0.1) is 6.61 Å². The minimum absolute atomic E-state index is 0.0798. The van der Waals surface area contributed by atoms with Gasteiger partial charge in [-0.05, 0) is 54.4 Å². The Morgan fingerprint density at radius 1 is 1.12 bits per heavy atom. The number of amides is 1. The number of aliphatic carboxylic acids is 1. The van der Waals surface area contributed by atoms with Crippen LogP contribution in [0.15, 0.2) is 60.7 Å². The van der Waals surface area contributed by atoms with Crippen LogP contribution in [0.3, 0.4) is 0 Å². The quantitative estimate of drug-likeness (QED) is 0.435. The molecule has 3 aromatic rings. The number of rotatable bonds is 10. The molecule has 0 aliphatic carbocycles. The maximum atomic E-state index is 13.5. The summed E-state index contributed by atoms with van der Waals surface area (Å²) in [5.74, 6) is -0.914. The number of aromatic nitrogens is 1. The van der Waals surface area contributed by atoms with Crippen LogP contribution in [0.5, 0.6) is 5.75 Å². The lowest BCUT2D eigenvalue weighted by atomic mass is 10.0. The zero-order valence-corrected chi connectivity index (χ0v) is 18.5. The van der Waals surface area contributed by atoms with E-state index < -0.39 is 23.7 Å². The number of carboxylic acid groups (broad SMARTS) is 1. The summed E-state index contributed by atoms with van der Waals surface area (Å²) >= 11 is 0. The number of anilines is 1. The number of benzene rings is 2. The van der Waals surface area contributed by atoms with Crippen molar-refractivity contribution in [1.82, 2.24) is 10.3 Å². The molecule has 0 bridgehead atoms. The number of hydrogen-bond acceptors (Lipinski definition) is 5. The second-order valence-corrected chi connectivity index (χ2v) is 7.53. The van der Waals surface area contributed by atoms with Crippen LogP contribution in [-0.4, -0.2) is 41.7 Å². The molecule has 1 atom stereocenters. The Labute approximate surface area is 191 Å². The van der Waals surface area contributed by atoms with Crippen LogP contribution in [0, 0.1) is 12.7 Å². The molecule has 0 saturated heterocycles. The summed E-state index contributed by atoms with van der Waals surface area (Å²) in [4.78, 5) is 28.6. The zero-order chi connectivity index (χ0) is 23.8. The van der Waals surface area contributed by atoms with Gasteiger partial charge >= 0.3 is 5.97 Å². The van der Waals surface area contributed by atoms with Crippen LogP contribution in [0.25, 0.3) is 0 Å². The van der Waals surface area contributed by atoms with Crippen LogP contribution in [0.4, 0.5) is 10.2 Å². The lowest BCUT2D eigenvalue weighted by Crippen LogP contribution is -2.42. The molecule has 1 amide bonds. The van der Waals surface area contributed by atoms with Gasteiger partial charge in [-0.25, -0.2) is 14.2 Å². The molecular formula is C25H26FN3O4. The van der Waals surface area contributed by atoms with Crippen LogP contribution in [0.1, 0.15) is 27.2 Å². The molecule has 0 aliphatic heterocycles. The molecule has 0 radical (unpaired) electrons. The summed E-state index contributed by atoms with van der Waals surface area (Å²) in [6.45, 7) is 2.11. The van der Waals surface area contributed by atoms with Crippen molar-refractivity contribution in [1.29, 1.82) is 0 Å². The van der Waals surface area contributed by atoms with Crippen molar-refractivity contribution < 1.29 is 23.8 Å². The summed E-state index contributed by atoms with van der Waals surface area (Å²) in [6.07, 6.45) is 0.723. The van der Waals surface area contributed by atoms with Gasteiger partial charge < -0.3 is 20.5 Å². The molecule has 33 heavy (non-hydrogen) atoms. The summed E-state index contributed by atoms with van der Waals surface area (Å²) in [7, 11) is 1.81. The first-order valence-corrected chi connectivity index (χ1v) is 10.5. The van der Waals surface area contributed by atoms with Gasteiger partial charge in [-0.3, -0.25) is 4.79 Å². The Morgan fingerprint density at radius 2 is 1.88 bits per heavy atom. The van der Waals surface area contributed by atoms with Gasteiger partial charge in [-0.15, -0.1) is 0 Å². The summed E-state index contributed by atoms with van der Waals surface area (Å²) in [6, 6.07) is 15.4. The number of carboxylic acids is 1. The largest absolute Gasteiger partial charge is 0.493 e. The van der Waals surface area contributed by atoms with Crippen LogP contribution >= 0.6 is 0 Å². The van der Waals surface area contributed by atoms with E-state index in [2.05, 4.69) is 15.6 Å². The molecule has 0 aliphatic rings. The number of pyridine rings is 1. The van der Waals surface area contributed by atoms with Gasteiger partial charge in [0.1, 0.15) is 23.4 Å². The monoisotopic (exact) mass is 451 g/mol. The van der Waals surface area contributed by atoms with Crippen LogP contribution < -0.4 is 15.4 Å². The first kappa shape index (κ1) is 23.7. The molecule has 7 nitrogen and oxygen atoms in total.